The van der Waals surface area contributed by atoms with Gasteiger partial charge in [0.1, 0.15) is 5.82 Å². The van der Waals surface area contributed by atoms with E-state index in [4.69, 9.17) is 16.1 Å². The highest BCUT2D eigenvalue weighted by Crippen LogP contribution is 2.22. The van der Waals surface area contributed by atoms with Gasteiger partial charge in [-0.1, -0.05) is 35.0 Å². The van der Waals surface area contributed by atoms with Crippen LogP contribution in [0.2, 0.25) is 5.02 Å². The fourth-order valence-corrected chi connectivity index (χ4v) is 2.01. The summed E-state index contributed by atoms with van der Waals surface area (Å²) in [6, 6.07) is 11.7. The molecule has 0 fully saturated rings. The van der Waals surface area contributed by atoms with E-state index in [0.717, 1.165) is 5.56 Å². The Morgan fingerprint density at radius 3 is 2.81 bits per heavy atom. The highest BCUT2D eigenvalue weighted by Gasteiger charge is 2.05. The molecule has 0 aliphatic rings. The van der Waals surface area contributed by atoms with Gasteiger partial charge in [0.2, 0.25) is 12.2 Å². The van der Waals surface area contributed by atoms with Gasteiger partial charge in [-0.05, 0) is 24.3 Å². The number of rotatable bonds is 3. The molecule has 4 nitrogen and oxygen atoms in total. The van der Waals surface area contributed by atoms with Crippen molar-refractivity contribution in [2.24, 2.45) is 4.99 Å². The Kier molecular flexibility index (Phi) is 3.75. The second kappa shape index (κ2) is 5.85. The number of aliphatic imine (C=N–C) groups is 1. The number of aromatic nitrogens is 2. The van der Waals surface area contributed by atoms with Crippen molar-refractivity contribution in [3.63, 3.8) is 0 Å². The zero-order chi connectivity index (χ0) is 14.7. The lowest BCUT2D eigenvalue weighted by Gasteiger charge is -2.00. The standard InChI is InChI=1S/C15H9ClFN3O/c16-13-5-2-6-14(17)12(13)8-18-11-4-1-3-10(7-11)15-19-9-21-20-15/h1-9H/b18-8+. The largest absolute Gasteiger partial charge is 0.342 e. The van der Waals surface area contributed by atoms with Crippen LogP contribution in [0, 0.1) is 5.82 Å². The Labute approximate surface area is 124 Å². The predicted octanol–water partition coefficient (Wildman–Crippen LogP) is 4.28. The quantitative estimate of drug-likeness (QED) is 0.678. The maximum atomic E-state index is 13.6. The minimum atomic E-state index is -0.416. The third-order valence-electron chi connectivity index (χ3n) is 2.81. The third kappa shape index (κ3) is 2.98. The summed E-state index contributed by atoms with van der Waals surface area (Å²) in [5.74, 6) is 0.0524. The first-order valence-electron chi connectivity index (χ1n) is 6.09. The molecule has 0 saturated heterocycles. The van der Waals surface area contributed by atoms with Crippen molar-refractivity contribution in [3.05, 3.63) is 65.3 Å². The summed E-state index contributed by atoms with van der Waals surface area (Å²) in [4.78, 5) is 8.20. The molecule has 1 heterocycles. The molecule has 3 rings (SSSR count). The van der Waals surface area contributed by atoms with E-state index >= 15 is 0 Å². The van der Waals surface area contributed by atoms with Gasteiger partial charge in [-0.25, -0.2) is 4.39 Å². The molecule has 0 amide bonds. The highest BCUT2D eigenvalue weighted by molar-refractivity contribution is 6.33. The molecule has 104 valence electrons. The molecule has 0 N–H and O–H groups in total. The first-order valence-corrected chi connectivity index (χ1v) is 6.47. The molecule has 0 aliphatic carbocycles. The van der Waals surface area contributed by atoms with Crippen LogP contribution in [0.3, 0.4) is 0 Å². The molecule has 0 spiro atoms. The average Bonchev–Trinajstić information content (AvgIpc) is 3.01. The van der Waals surface area contributed by atoms with Gasteiger partial charge in [0, 0.05) is 17.3 Å². The van der Waals surface area contributed by atoms with Gasteiger partial charge in [-0.15, -0.1) is 0 Å². The maximum absolute atomic E-state index is 13.6. The van der Waals surface area contributed by atoms with E-state index in [9.17, 15) is 4.39 Å². The molecule has 0 unspecified atom stereocenters. The van der Waals surface area contributed by atoms with Gasteiger partial charge in [-0.3, -0.25) is 4.99 Å². The summed E-state index contributed by atoms with van der Waals surface area (Å²) in [7, 11) is 0. The molecule has 0 bridgehead atoms. The summed E-state index contributed by atoms with van der Waals surface area (Å²) < 4.78 is 18.4. The summed E-state index contributed by atoms with van der Waals surface area (Å²) in [5, 5.41) is 4.07. The fraction of sp³-hybridized carbons (Fsp3) is 0. The lowest BCUT2D eigenvalue weighted by Crippen LogP contribution is -1.89. The molecule has 3 aromatic rings. The van der Waals surface area contributed by atoms with Crippen LogP contribution in [-0.2, 0) is 0 Å². The van der Waals surface area contributed by atoms with Gasteiger partial charge in [-0.2, -0.15) is 4.98 Å². The first-order chi connectivity index (χ1) is 10.2. The normalized spacial score (nSPS) is 11.1. The van der Waals surface area contributed by atoms with E-state index < -0.39 is 5.82 Å². The second-order valence-electron chi connectivity index (χ2n) is 4.20. The van der Waals surface area contributed by atoms with Gasteiger partial charge in [0.25, 0.3) is 0 Å². The smallest absolute Gasteiger partial charge is 0.214 e. The van der Waals surface area contributed by atoms with Crippen LogP contribution in [0.4, 0.5) is 10.1 Å². The lowest BCUT2D eigenvalue weighted by molar-refractivity contribution is 0.419. The van der Waals surface area contributed by atoms with Gasteiger partial charge < -0.3 is 4.52 Å². The molecule has 0 saturated carbocycles. The molecular formula is C15H9ClFN3O. The molecule has 0 atom stereocenters. The Hall–Kier alpha value is -2.53. The van der Waals surface area contributed by atoms with Gasteiger partial charge in [0.15, 0.2) is 0 Å². The summed E-state index contributed by atoms with van der Waals surface area (Å²) in [5.41, 5.74) is 1.65. The third-order valence-corrected chi connectivity index (χ3v) is 3.14. The Morgan fingerprint density at radius 2 is 2.05 bits per heavy atom. The van der Waals surface area contributed by atoms with E-state index in [0.29, 0.717) is 16.5 Å². The van der Waals surface area contributed by atoms with E-state index in [1.165, 1.54) is 18.7 Å². The number of benzene rings is 2. The van der Waals surface area contributed by atoms with Crippen LogP contribution in [0.1, 0.15) is 5.56 Å². The van der Waals surface area contributed by atoms with E-state index in [1.807, 2.05) is 6.07 Å². The van der Waals surface area contributed by atoms with Gasteiger partial charge >= 0.3 is 0 Å². The van der Waals surface area contributed by atoms with Gasteiger partial charge in [0.05, 0.1) is 10.7 Å². The molecule has 0 radical (unpaired) electrons. The Morgan fingerprint density at radius 1 is 1.19 bits per heavy atom. The Bertz CT molecular complexity index is 767. The fourth-order valence-electron chi connectivity index (χ4n) is 1.80. The predicted molar refractivity (Wildman–Crippen MR) is 78.4 cm³/mol. The van der Waals surface area contributed by atoms with Crippen molar-refractivity contribution >= 4 is 23.5 Å². The molecular weight excluding hydrogens is 293 g/mol. The minimum absolute atomic E-state index is 0.254. The van der Waals surface area contributed by atoms with Crippen LogP contribution in [0.5, 0.6) is 0 Å². The van der Waals surface area contributed by atoms with Crippen LogP contribution in [0.15, 0.2) is 58.4 Å². The van der Waals surface area contributed by atoms with E-state index in [2.05, 4.69) is 15.1 Å². The van der Waals surface area contributed by atoms with Crippen LogP contribution in [-0.4, -0.2) is 16.4 Å². The van der Waals surface area contributed by atoms with E-state index in [-0.39, 0.29) is 5.56 Å². The average molecular weight is 302 g/mol. The topological polar surface area (TPSA) is 51.3 Å². The highest BCUT2D eigenvalue weighted by atomic mass is 35.5. The molecule has 0 aliphatic heterocycles. The van der Waals surface area contributed by atoms with Crippen molar-refractivity contribution in [3.8, 4) is 11.4 Å². The number of nitrogens with zero attached hydrogens (tertiary/aromatic N) is 3. The lowest BCUT2D eigenvalue weighted by atomic mass is 10.2. The van der Waals surface area contributed by atoms with Crippen molar-refractivity contribution in [2.75, 3.05) is 0 Å². The number of hydrogen-bond acceptors (Lipinski definition) is 4. The first kappa shape index (κ1) is 13.5. The van der Waals surface area contributed by atoms with Crippen molar-refractivity contribution < 1.29 is 8.91 Å². The van der Waals surface area contributed by atoms with Crippen molar-refractivity contribution in [1.29, 1.82) is 0 Å². The molecule has 1 aromatic heterocycles. The van der Waals surface area contributed by atoms with Crippen LogP contribution < -0.4 is 0 Å². The maximum Gasteiger partial charge on any atom is 0.214 e. The summed E-state index contributed by atoms with van der Waals surface area (Å²) >= 11 is 5.94. The molecule has 2 aromatic carbocycles. The summed E-state index contributed by atoms with van der Waals surface area (Å²) in [6.07, 6.45) is 2.65. The number of hydrogen-bond donors (Lipinski definition) is 0. The zero-order valence-electron chi connectivity index (χ0n) is 10.7. The van der Waals surface area contributed by atoms with Crippen LogP contribution >= 0.6 is 11.6 Å². The zero-order valence-corrected chi connectivity index (χ0v) is 11.5. The second-order valence-corrected chi connectivity index (χ2v) is 4.61. The monoisotopic (exact) mass is 301 g/mol. The molecule has 21 heavy (non-hydrogen) atoms. The Balaban J connectivity index is 1.92. The summed E-state index contributed by atoms with van der Waals surface area (Å²) in [6.45, 7) is 0. The van der Waals surface area contributed by atoms with Crippen LogP contribution in [0.25, 0.3) is 11.4 Å². The molecule has 6 heteroatoms. The number of halogens is 2. The minimum Gasteiger partial charge on any atom is -0.342 e. The SMILES string of the molecule is Fc1cccc(Cl)c1/C=N/c1cccc(-c2ncon2)c1. The van der Waals surface area contributed by atoms with Crippen molar-refractivity contribution in [2.45, 2.75) is 0 Å². The van der Waals surface area contributed by atoms with E-state index in [1.54, 1.807) is 30.3 Å². The van der Waals surface area contributed by atoms with Crippen molar-refractivity contribution in [1.82, 2.24) is 10.1 Å².